The van der Waals surface area contributed by atoms with Crippen LogP contribution in [0, 0.1) is 6.92 Å². The Kier molecular flexibility index (Phi) is 6.89. The number of rotatable bonds is 5. The van der Waals surface area contributed by atoms with Gasteiger partial charge in [0.25, 0.3) is 11.8 Å². The van der Waals surface area contributed by atoms with Gasteiger partial charge in [0.2, 0.25) is 0 Å². The lowest BCUT2D eigenvalue weighted by Crippen LogP contribution is -2.40. The molecule has 0 unspecified atom stereocenters. The average Bonchev–Trinajstić information content (AvgIpc) is 3.40. The minimum atomic E-state index is -3.84. The Balaban J connectivity index is 1.51. The lowest BCUT2D eigenvalue weighted by Gasteiger charge is -2.26. The highest BCUT2D eigenvalue weighted by Crippen LogP contribution is 2.37. The van der Waals surface area contributed by atoms with Crippen molar-refractivity contribution >= 4 is 62.2 Å². The highest BCUT2D eigenvalue weighted by atomic mass is 35.5. The molecule has 5 rings (SSSR count). The van der Waals surface area contributed by atoms with Gasteiger partial charge in [-0.15, -0.1) is 0 Å². The molecule has 8 nitrogen and oxygen atoms in total. The first-order valence-corrected chi connectivity index (χ1v) is 13.9. The Morgan fingerprint density at radius 2 is 1.81 bits per heavy atom. The van der Waals surface area contributed by atoms with E-state index in [1.165, 1.54) is 12.1 Å². The van der Waals surface area contributed by atoms with Gasteiger partial charge in [-0.3, -0.25) is 9.59 Å². The third-order valence-electron chi connectivity index (χ3n) is 6.33. The smallest absolute Gasteiger partial charge is 0.256 e. The van der Waals surface area contributed by atoms with Gasteiger partial charge >= 0.3 is 0 Å². The number of aromatic nitrogens is 1. The van der Waals surface area contributed by atoms with E-state index in [2.05, 4.69) is 10.3 Å². The summed E-state index contributed by atoms with van der Waals surface area (Å²) < 4.78 is 31.9. The van der Waals surface area contributed by atoms with E-state index in [4.69, 9.17) is 27.9 Å². The lowest BCUT2D eigenvalue weighted by atomic mass is 10.0. The van der Waals surface area contributed by atoms with Crippen molar-refractivity contribution in [3.8, 4) is 0 Å². The monoisotopic (exact) mass is 559 g/mol. The quantitative estimate of drug-likeness (QED) is 0.445. The minimum Gasteiger partial charge on any atom is -0.378 e. The second-order valence-corrected chi connectivity index (χ2v) is 11.7. The van der Waals surface area contributed by atoms with Crippen LogP contribution in [0.2, 0.25) is 10.0 Å². The predicted octanol–water partition coefficient (Wildman–Crippen LogP) is 4.57. The fraction of sp³-hybridized carbons (Fsp3) is 0.231. The normalized spacial score (nSPS) is 16.7. The highest BCUT2D eigenvalue weighted by molar-refractivity contribution is 7.90. The summed E-state index contributed by atoms with van der Waals surface area (Å²) >= 11 is 12.4. The van der Waals surface area contributed by atoms with E-state index in [0.29, 0.717) is 54.4 Å². The SMILES string of the molecule is Cc1cc(C(=O)N2CCOCC2)c(/C=C2\C(=O)Nc3ccc(S(=O)(=O)Cc4c(Cl)cccc4Cl)cc32)[nH]1. The van der Waals surface area contributed by atoms with Crippen molar-refractivity contribution in [2.24, 2.45) is 0 Å². The molecule has 1 saturated heterocycles. The Morgan fingerprint density at radius 3 is 2.51 bits per heavy atom. The summed E-state index contributed by atoms with van der Waals surface area (Å²) in [6, 6.07) is 11.0. The number of benzene rings is 2. The van der Waals surface area contributed by atoms with Crippen LogP contribution in [-0.2, 0) is 25.1 Å². The number of amides is 2. The first kappa shape index (κ1) is 25.5. The molecule has 0 radical (unpaired) electrons. The van der Waals surface area contributed by atoms with Gasteiger partial charge in [0.1, 0.15) is 0 Å². The molecule has 2 N–H and O–H groups in total. The van der Waals surface area contributed by atoms with Crippen molar-refractivity contribution in [2.45, 2.75) is 17.6 Å². The van der Waals surface area contributed by atoms with Crippen LogP contribution in [0.4, 0.5) is 5.69 Å². The molecule has 2 amide bonds. The van der Waals surface area contributed by atoms with E-state index in [9.17, 15) is 18.0 Å². The summed E-state index contributed by atoms with van der Waals surface area (Å²) in [7, 11) is -3.84. The topological polar surface area (TPSA) is 109 Å². The molecule has 2 aliphatic rings. The fourth-order valence-corrected chi connectivity index (χ4v) is 6.55. The largest absolute Gasteiger partial charge is 0.378 e. The molecule has 3 aromatic rings. The van der Waals surface area contributed by atoms with E-state index < -0.39 is 21.5 Å². The molecule has 2 aliphatic heterocycles. The number of aryl methyl sites for hydroxylation is 1. The van der Waals surface area contributed by atoms with E-state index in [-0.39, 0.29) is 26.4 Å². The number of ether oxygens (including phenoxy) is 1. The van der Waals surface area contributed by atoms with Crippen molar-refractivity contribution in [1.82, 2.24) is 9.88 Å². The molecule has 0 atom stereocenters. The number of H-pyrrole nitrogens is 1. The van der Waals surface area contributed by atoms with Gasteiger partial charge in [0.15, 0.2) is 9.84 Å². The molecule has 1 aromatic heterocycles. The standard InChI is InChI=1S/C26H23Cl2N3O5S/c1-15-11-19(26(33)31-7-9-36-10-8-31)24(29-15)13-18-17-12-16(5-6-23(17)30-25(18)32)37(34,35)14-20-21(27)3-2-4-22(20)28/h2-6,11-13,29H,7-10,14H2,1H3,(H,30,32)/b18-13-. The summed E-state index contributed by atoms with van der Waals surface area (Å²) in [5.41, 5.74) is 3.14. The minimum absolute atomic E-state index is 0.0249. The molecule has 192 valence electrons. The van der Waals surface area contributed by atoms with Crippen molar-refractivity contribution in [1.29, 1.82) is 0 Å². The zero-order valence-corrected chi connectivity index (χ0v) is 22.1. The van der Waals surface area contributed by atoms with Gasteiger partial charge in [-0.2, -0.15) is 0 Å². The van der Waals surface area contributed by atoms with Crippen LogP contribution in [0.25, 0.3) is 11.6 Å². The molecule has 1 fully saturated rings. The van der Waals surface area contributed by atoms with Crippen molar-refractivity contribution < 1.29 is 22.7 Å². The number of carbonyl (C=O) groups excluding carboxylic acids is 2. The number of carbonyl (C=O) groups is 2. The molecule has 2 aromatic carbocycles. The van der Waals surface area contributed by atoms with Crippen LogP contribution < -0.4 is 5.32 Å². The Morgan fingerprint density at radius 1 is 1.11 bits per heavy atom. The zero-order chi connectivity index (χ0) is 26.3. The third kappa shape index (κ3) is 5.04. The summed E-state index contributed by atoms with van der Waals surface area (Å²) in [6.45, 7) is 3.74. The Labute approximate surface area is 224 Å². The molecular formula is C26H23Cl2N3O5S. The molecule has 11 heteroatoms. The van der Waals surface area contributed by atoms with Gasteiger partial charge in [-0.05, 0) is 49.4 Å². The first-order chi connectivity index (χ1) is 17.6. The number of anilines is 1. The van der Waals surface area contributed by atoms with Crippen molar-refractivity contribution in [3.63, 3.8) is 0 Å². The lowest BCUT2D eigenvalue weighted by molar-refractivity contribution is -0.110. The first-order valence-electron chi connectivity index (χ1n) is 11.5. The molecular weight excluding hydrogens is 537 g/mol. The van der Waals surface area contributed by atoms with Crippen LogP contribution in [-0.4, -0.2) is 56.4 Å². The van der Waals surface area contributed by atoms with Crippen LogP contribution in [0.15, 0.2) is 47.4 Å². The molecule has 0 aliphatic carbocycles. The molecule has 37 heavy (non-hydrogen) atoms. The van der Waals surface area contributed by atoms with Crippen molar-refractivity contribution in [3.05, 3.63) is 80.6 Å². The van der Waals surface area contributed by atoms with Crippen LogP contribution in [0.3, 0.4) is 0 Å². The second kappa shape index (κ2) is 9.98. The fourth-order valence-electron chi connectivity index (χ4n) is 4.43. The number of morpholine rings is 1. The maximum Gasteiger partial charge on any atom is 0.256 e. The van der Waals surface area contributed by atoms with E-state index >= 15 is 0 Å². The predicted molar refractivity (Wildman–Crippen MR) is 143 cm³/mol. The Bertz CT molecular complexity index is 1540. The van der Waals surface area contributed by atoms with E-state index in [0.717, 1.165) is 5.69 Å². The Hall–Kier alpha value is -3.11. The van der Waals surface area contributed by atoms with Crippen molar-refractivity contribution in [2.75, 3.05) is 31.6 Å². The number of nitrogens with one attached hydrogen (secondary N) is 2. The summed E-state index contributed by atoms with van der Waals surface area (Å²) in [6.07, 6.45) is 1.59. The highest BCUT2D eigenvalue weighted by Gasteiger charge is 2.29. The van der Waals surface area contributed by atoms with Gasteiger partial charge < -0.3 is 19.9 Å². The number of hydrogen-bond donors (Lipinski definition) is 2. The zero-order valence-electron chi connectivity index (χ0n) is 19.8. The van der Waals surface area contributed by atoms with Crippen LogP contribution in [0.5, 0.6) is 0 Å². The average molecular weight is 560 g/mol. The summed E-state index contributed by atoms with van der Waals surface area (Å²) in [5.74, 6) is -0.944. The van der Waals surface area contributed by atoms with Crippen LogP contribution in [0.1, 0.15) is 32.9 Å². The van der Waals surface area contributed by atoms with Gasteiger partial charge in [-0.25, -0.2) is 8.42 Å². The number of hydrogen-bond acceptors (Lipinski definition) is 5. The molecule has 0 spiro atoms. The molecule has 0 bridgehead atoms. The second-order valence-electron chi connectivity index (χ2n) is 8.86. The number of sulfone groups is 1. The van der Waals surface area contributed by atoms with Gasteiger partial charge in [-0.1, -0.05) is 29.3 Å². The molecule has 0 saturated carbocycles. The van der Waals surface area contributed by atoms with Gasteiger partial charge in [0.05, 0.1) is 40.7 Å². The number of halogens is 2. The van der Waals surface area contributed by atoms with Gasteiger partial charge in [0, 0.05) is 45.6 Å². The van der Waals surface area contributed by atoms with Crippen LogP contribution >= 0.6 is 23.2 Å². The van der Waals surface area contributed by atoms with E-state index in [1.807, 2.05) is 6.92 Å². The number of aromatic amines is 1. The maximum absolute atomic E-state index is 13.3. The number of fused-ring (bicyclic) bond motifs is 1. The van der Waals surface area contributed by atoms with E-state index in [1.54, 1.807) is 41.3 Å². The summed E-state index contributed by atoms with van der Waals surface area (Å²) in [5, 5.41) is 3.28. The summed E-state index contributed by atoms with van der Waals surface area (Å²) in [4.78, 5) is 30.9. The maximum atomic E-state index is 13.3. The third-order valence-corrected chi connectivity index (χ3v) is 8.68. The number of nitrogens with zero attached hydrogens (tertiary/aromatic N) is 1. The molecule has 3 heterocycles.